The molecule has 4 heteroatoms. The van der Waals surface area contributed by atoms with Crippen molar-refractivity contribution in [1.82, 2.24) is 5.32 Å². The molecule has 0 bridgehead atoms. The first-order valence-corrected chi connectivity index (χ1v) is 8.97. The molecule has 0 unspecified atom stereocenters. The van der Waals surface area contributed by atoms with E-state index in [9.17, 15) is 9.59 Å². The molecule has 1 rings (SSSR count). The third kappa shape index (κ3) is 5.36. The molecule has 134 valence electrons. The van der Waals surface area contributed by atoms with E-state index in [2.05, 4.69) is 51.2 Å². The van der Waals surface area contributed by atoms with E-state index in [0.717, 1.165) is 23.2 Å². The van der Waals surface area contributed by atoms with E-state index in [1.54, 1.807) is 11.8 Å². The van der Waals surface area contributed by atoms with Gasteiger partial charge in [0.05, 0.1) is 5.69 Å². The van der Waals surface area contributed by atoms with Crippen LogP contribution in [0.25, 0.3) is 0 Å². The second kappa shape index (κ2) is 9.45. The fourth-order valence-electron chi connectivity index (χ4n) is 2.82. The van der Waals surface area contributed by atoms with Crippen molar-refractivity contribution in [3.63, 3.8) is 0 Å². The van der Waals surface area contributed by atoms with Gasteiger partial charge in [-0.15, -0.1) is 0 Å². The summed E-state index contributed by atoms with van der Waals surface area (Å²) >= 11 is 0. The summed E-state index contributed by atoms with van der Waals surface area (Å²) in [5.41, 5.74) is 3.30. The Morgan fingerprint density at radius 3 is 2.04 bits per heavy atom. The molecule has 0 heterocycles. The molecule has 0 atom stereocenters. The molecule has 1 N–H and O–H groups in total. The van der Waals surface area contributed by atoms with Crippen LogP contribution in [0.4, 0.5) is 5.69 Å². The highest BCUT2D eigenvalue weighted by atomic mass is 16.2. The first-order valence-electron chi connectivity index (χ1n) is 8.97. The van der Waals surface area contributed by atoms with Crippen LogP contribution in [-0.2, 0) is 9.59 Å². The Kier molecular flexibility index (Phi) is 7.96. The van der Waals surface area contributed by atoms with Gasteiger partial charge in [0.15, 0.2) is 0 Å². The molecule has 0 saturated carbocycles. The second-order valence-corrected chi connectivity index (χ2v) is 6.87. The number of nitrogens with one attached hydrogen (secondary N) is 1. The fraction of sp³-hybridized carbons (Fsp3) is 0.600. The SMILES string of the molecule is CCCNC(=O)CCN(C(C)=O)c1c(C(C)C)cccc1C(C)C. The lowest BCUT2D eigenvalue weighted by Gasteiger charge is -2.29. The average Bonchev–Trinajstić information content (AvgIpc) is 2.52. The summed E-state index contributed by atoms with van der Waals surface area (Å²) in [5, 5.41) is 2.88. The van der Waals surface area contributed by atoms with Crippen molar-refractivity contribution in [1.29, 1.82) is 0 Å². The zero-order valence-electron chi connectivity index (χ0n) is 16.0. The van der Waals surface area contributed by atoms with E-state index in [1.807, 2.05) is 6.92 Å². The van der Waals surface area contributed by atoms with Gasteiger partial charge in [0, 0.05) is 26.4 Å². The highest BCUT2D eigenvalue weighted by molar-refractivity contribution is 5.94. The van der Waals surface area contributed by atoms with E-state index in [-0.39, 0.29) is 11.8 Å². The van der Waals surface area contributed by atoms with Gasteiger partial charge in [0.2, 0.25) is 11.8 Å². The van der Waals surface area contributed by atoms with Crippen LogP contribution in [0.5, 0.6) is 0 Å². The van der Waals surface area contributed by atoms with Gasteiger partial charge in [-0.05, 0) is 29.4 Å². The van der Waals surface area contributed by atoms with Gasteiger partial charge in [-0.3, -0.25) is 9.59 Å². The number of benzene rings is 1. The average molecular weight is 332 g/mol. The monoisotopic (exact) mass is 332 g/mol. The molecule has 0 aliphatic heterocycles. The first kappa shape index (κ1) is 20.2. The summed E-state index contributed by atoms with van der Waals surface area (Å²) < 4.78 is 0. The van der Waals surface area contributed by atoms with Gasteiger partial charge in [0.1, 0.15) is 0 Å². The molecule has 0 aliphatic carbocycles. The molecule has 1 aromatic rings. The van der Waals surface area contributed by atoms with Gasteiger partial charge in [-0.1, -0.05) is 52.8 Å². The highest BCUT2D eigenvalue weighted by Crippen LogP contribution is 2.35. The summed E-state index contributed by atoms with van der Waals surface area (Å²) in [7, 11) is 0. The molecule has 0 aromatic heterocycles. The molecular formula is C20H32N2O2. The number of para-hydroxylation sites is 1. The maximum absolute atomic E-state index is 12.3. The molecule has 0 radical (unpaired) electrons. The number of anilines is 1. The predicted molar refractivity (Wildman–Crippen MR) is 101 cm³/mol. The summed E-state index contributed by atoms with van der Waals surface area (Å²) in [6.07, 6.45) is 1.24. The lowest BCUT2D eigenvalue weighted by Crippen LogP contribution is -2.35. The lowest BCUT2D eigenvalue weighted by molar-refractivity contribution is -0.121. The number of carbonyl (C=O) groups excluding carboxylic acids is 2. The molecule has 1 aromatic carbocycles. The van der Waals surface area contributed by atoms with Crippen LogP contribution in [0.2, 0.25) is 0 Å². The number of hydrogen-bond donors (Lipinski definition) is 1. The van der Waals surface area contributed by atoms with E-state index in [0.29, 0.717) is 31.3 Å². The Labute approximate surface area is 146 Å². The number of nitrogens with zero attached hydrogens (tertiary/aromatic N) is 1. The Morgan fingerprint density at radius 2 is 1.62 bits per heavy atom. The molecular weight excluding hydrogens is 300 g/mol. The molecule has 24 heavy (non-hydrogen) atoms. The van der Waals surface area contributed by atoms with Gasteiger partial charge >= 0.3 is 0 Å². The van der Waals surface area contributed by atoms with E-state index in [4.69, 9.17) is 0 Å². The third-order valence-electron chi connectivity index (χ3n) is 4.13. The van der Waals surface area contributed by atoms with Crippen molar-refractivity contribution in [3.05, 3.63) is 29.3 Å². The molecule has 0 saturated heterocycles. The van der Waals surface area contributed by atoms with Crippen LogP contribution in [0.15, 0.2) is 18.2 Å². The Bertz CT molecular complexity index is 539. The minimum absolute atomic E-state index is 0.00350. The summed E-state index contributed by atoms with van der Waals surface area (Å²) in [4.78, 5) is 26.0. The zero-order chi connectivity index (χ0) is 18.3. The summed E-state index contributed by atoms with van der Waals surface area (Å²) in [6, 6.07) is 6.22. The van der Waals surface area contributed by atoms with Gasteiger partial charge < -0.3 is 10.2 Å². The van der Waals surface area contributed by atoms with Gasteiger partial charge in [-0.25, -0.2) is 0 Å². The number of hydrogen-bond acceptors (Lipinski definition) is 2. The van der Waals surface area contributed by atoms with Crippen LogP contribution in [0.1, 0.15) is 77.3 Å². The Balaban J connectivity index is 3.15. The number of rotatable bonds is 8. The normalized spacial score (nSPS) is 11.0. The first-order chi connectivity index (χ1) is 11.3. The molecule has 2 amide bonds. The van der Waals surface area contributed by atoms with E-state index < -0.39 is 0 Å². The van der Waals surface area contributed by atoms with E-state index >= 15 is 0 Å². The van der Waals surface area contributed by atoms with Crippen LogP contribution >= 0.6 is 0 Å². The van der Waals surface area contributed by atoms with E-state index in [1.165, 1.54) is 0 Å². The summed E-state index contributed by atoms with van der Waals surface area (Å²) in [6.45, 7) is 13.2. The minimum atomic E-state index is -0.0201. The Morgan fingerprint density at radius 1 is 1.08 bits per heavy atom. The lowest BCUT2D eigenvalue weighted by atomic mass is 9.91. The largest absolute Gasteiger partial charge is 0.356 e. The van der Waals surface area contributed by atoms with Gasteiger partial charge in [0.25, 0.3) is 0 Å². The molecule has 0 spiro atoms. The zero-order valence-corrected chi connectivity index (χ0v) is 16.0. The summed E-state index contributed by atoms with van der Waals surface area (Å²) in [5.74, 6) is 0.605. The molecule has 0 aliphatic rings. The Hall–Kier alpha value is -1.84. The van der Waals surface area contributed by atoms with Crippen molar-refractivity contribution in [2.45, 2.75) is 66.2 Å². The van der Waals surface area contributed by atoms with Crippen molar-refractivity contribution < 1.29 is 9.59 Å². The smallest absolute Gasteiger partial charge is 0.223 e. The maximum Gasteiger partial charge on any atom is 0.223 e. The standard InChI is InChI=1S/C20H32N2O2/c1-7-12-21-19(24)11-13-22(16(6)23)20-17(14(2)3)9-8-10-18(20)15(4)5/h8-10,14-15H,7,11-13H2,1-6H3,(H,21,24). The maximum atomic E-state index is 12.3. The van der Waals surface area contributed by atoms with Crippen molar-refractivity contribution in [2.75, 3.05) is 18.0 Å². The number of carbonyl (C=O) groups is 2. The van der Waals surface area contributed by atoms with Crippen LogP contribution in [-0.4, -0.2) is 24.9 Å². The van der Waals surface area contributed by atoms with Crippen LogP contribution in [0, 0.1) is 0 Å². The highest BCUT2D eigenvalue weighted by Gasteiger charge is 2.22. The second-order valence-electron chi connectivity index (χ2n) is 6.87. The van der Waals surface area contributed by atoms with Gasteiger partial charge in [-0.2, -0.15) is 0 Å². The van der Waals surface area contributed by atoms with Crippen LogP contribution in [0.3, 0.4) is 0 Å². The quantitative estimate of drug-likeness (QED) is 0.775. The minimum Gasteiger partial charge on any atom is -0.356 e. The van der Waals surface area contributed by atoms with Crippen molar-refractivity contribution in [2.24, 2.45) is 0 Å². The van der Waals surface area contributed by atoms with Crippen molar-refractivity contribution in [3.8, 4) is 0 Å². The number of amides is 2. The fourth-order valence-corrected chi connectivity index (χ4v) is 2.82. The molecule has 4 nitrogen and oxygen atoms in total. The predicted octanol–water partition coefficient (Wildman–Crippen LogP) is 4.20. The topological polar surface area (TPSA) is 49.4 Å². The third-order valence-corrected chi connectivity index (χ3v) is 4.13. The van der Waals surface area contributed by atoms with Crippen LogP contribution < -0.4 is 10.2 Å². The van der Waals surface area contributed by atoms with Crippen molar-refractivity contribution >= 4 is 17.5 Å². The molecule has 0 fully saturated rings.